The number of aliphatic hydroxyl groups excluding tert-OH is 1. The van der Waals surface area contributed by atoms with E-state index in [9.17, 15) is 49.2 Å². The predicted molar refractivity (Wildman–Crippen MR) is 110 cm³/mol. The van der Waals surface area contributed by atoms with Crippen LogP contribution < -0.4 is 0 Å². The molecule has 0 radical (unpaired) electrons. The van der Waals surface area contributed by atoms with Crippen LogP contribution in [0.2, 0.25) is 0 Å². The minimum absolute atomic E-state index is 0.579. The van der Waals surface area contributed by atoms with E-state index in [1.807, 2.05) is 0 Å². The van der Waals surface area contributed by atoms with Gasteiger partial charge < -0.3 is 35.4 Å². The Morgan fingerprint density at radius 3 is 1.40 bits per heavy atom. The highest BCUT2D eigenvalue weighted by Gasteiger charge is 2.71. The molecular weight excluding hydrogens is 472 g/mol. The molecule has 0 amide bonds. The molecule has 0 fully saturated rings. The first-order chi connectivity index (χ1) is 16.3. The summed E-state index contributed by atoms with van der Waals surface area (Å²) in [6.07, 6.45) is -5.91. The van der Waals surface area contributed by atoms with Crippen molar-refractivity contribution in [2.24, 2.45) is 0 Å². The Morgan fingerprint density at radius 1 is 0.657 bits per heavy atom. The van der Waals surface area contributed by atoms with E-state index in [2.05, 4.69) is 4.74 Å². The van der Waals surface area contributed by atoms with E-state index in [4.69, 9.17) is 10.2 Å². The Kier molecular flexibility index (Phi) is 7.82. The van der Waals surface area contributed by atoms with E-state index >= 15 is 0 Å². The molecule has 4 unspecified atom stereocenters. The Balaban J connectivity index is 2.78. The molecule has 6 N–H and O–H groups in total. The zero-order valence-electron chi connectivity index (χ0n) is 17.5. The molecule has 0 aliphatic heterocycles. The summed E-state index contributed by atoms with van der Waals surface area (Å²) in [5, 5.41) is 59.5. The minimum atomic E-state index is -4.35. The highest BCUT2D eigenvalue weighted by Crippen LogP contribution is 2.33. The second-order valence-corrected chi connectivity index (χ2v) is 7.06. The van der Waals surface area contributed by atoms with Gasteiger partial charge in [-0.25, -0.2) is 19.2 Å². The minimum Gasteiger partial charge on any atom is -0.479 e. The molecule has 0 aromatic heterocycles. The van der Waals surface area contributed by atoms with Gasteiger partial charge in [-0.15, -0.1) is 0 Å². The number of esters is 1. The highest BCUT2D eigenvalue weighted by molar-refractivity contribution is 6.28. The van der Waals surface area contributed by atoms with Crippen LogP contribution >= 0.6 is 0 Å². The zero-order chi connectivity index (χ0) is 26.6. The van der Waals surface area contributed by atoms with Crippen LogP contribution in [0.25, 0.3) is 0 Å². The summed E-state index contributed by atoms with van der Waals surface area (Å²) >= 11 is 0. The number of carboxylic acids is 3. The van der Waals surface area contributed by atoms with Crippen molar-refractivity contribution < 1.29 is 64.1 Å². The van der Waals surface area contributed by atoms with Gasteiger partial charge in [0.15, 0.2) is 6.10 Å². The third-order valence-corrected chi connectivity index (χ3v) is 4.87. The summed E-state index contributed by atoms with van der Waals surface area (Å²) in [5.74, 6) is -13.3. The average molecular weight is 490 g/mol. The SMILES string of the molecule is O=C(O)C(O)C(OC(=O)C(O)(C(=O)c1ccccc1)C(O)(C(=O)O)C(=O)c1ccccc1)C(=O)O. The van der Waals surface area contributed by atoms with Gasteiger partial charge in [-0.2, -0.15) is 0 Å². The lowest BCUT2D eigenvalue weighted by atomic mass is 9.73. The number of aliphatic carboxylic acids is 3. The van der Waals surface area contributed by atoms with Gasteiger partial charge in [-0.05, 0) is 0 Å². The molecule has 4 atom stereocenters. The Hall–Kier alpha value is -4.46. The van der Waals surface area contributed by atoms with Gasteiger partial charge >= 0.3 is 23.9 Å². The van der Waals surface area contributed by atoms with Gasteiger partial charge in [0, 0.05) is 11.1 Å². The van der Waals surface area contributed by atoms with Crippen LogP contribution in [0, 0.1) is 0 Å². The number of ketones is 2. The monoisotopic (exact) mass is 490 g/mol. The molecule has 0 spiro atoms. The smallest absolute Gasteiger partial charge is 0.351 e. The number of carbonyl (C=O) groups excluding carboxylic acids is 3. The van der Waals surface area contributed by atoms with Crippen LogP contribution in [0.4, 0.5) is 0 Å². The van der Waals surface area contributed by atoms with E-state index in [0.717, 1.165) is 24.3 Å². The highest BCUT2D eigenvalue weighted by atomic mass is 16.6. The second-order valence-electron chi connectivity index (χ2n) is 7.06. The molecule has 2 rings (SSSR count). The Labute approximate surface area is 195 Å². The van der Waals surface area contributed by atoms with Crippen molar-refractivity contribution in [1.29, 1.82) is 0 Å². The molecule has 0 heterocycles. The number of carboxylic acid groups (broad SMARTS) is 3. The normalized spacial score (nSPS) is 16.0. The summed E-state index contributed by atoms with van der Waals surface area (Å²) in [6, 6.07) is 11.6. The Morgan fingerprint density at radius 2 is 1.06 bits per heavy atom. The lowest BCUT2D eigenvalue weighted by Gasteiger charge is -2.36. The van der Waals surface area contributed by atoms with E-state index < -0.39 is 70.0 Å². The number of hydrogen-bond acceptors (Lipinski definition) is 10. The number of Topliss-reactive ketones (excluding diaryl/α,β-unsaturated/α-hetero) is 2. The number of aliphatic hydroxyl groups is 3. The van der Waals surface area contributed by atoms with Crippen molar-refractivity contribution in [3.05, 3.63) is 71.8 Å². The lowest BCUT2D eigenvalue weighted by Crippen LogP contribution is -2.72. The predicted octanol–water partition coefficient (Wildman–Crippen LogP) is -1.26. The molecule has 0 saturated heterocycles. The molecule has 13 nitrogen and oxygen atoms in total. The van der Waals surface area contributed by atoms with Gasteiger partial charge in [0.2, 0.25) is 17.7 Å². The van der Waals surface area contributed by atoms with Gasteiger partial charge in [0.25, 0.3) is 11.2 Å². The first-order valence-electron chi connectivity index (χ1n) is 9.52. The summed E-state index contributed by atoms with van der Waals surface area (Å²) in [5.41, 5.74) is -9.84. The maximum atomic E-state index is 13.2. The number of rotatable bonds is 11. The fourth-order valence-corrected chi connectivity index (χ4v) is 3.00. The molecule has 2 aromatic rings. The lowest BCUT2D eigenvalue weighted by molar-refractivity contribution is -0.202. The van der Waals surface area contributed by atoms with Crippen LogP contribution in [0.15, 0.2) is 60.7 Å². The van der Waals surface area contributed by atoms with Crippen molar-refractivity contribution in [2.75, 3.05) is 0 Å². The van der Waals surface area contributed by atoms with E-state index in [1.54, 1.807) is 0 Å². The Bertz CT molecular complexity index is 1160. The summed E-state index contributed by atoms with van der Waals surface area (Å²) in [7, 11) is 0. The fourth-order valence-electron chi connectivity index (χ4n) is 3.00. The van der Waals surface area contributed by atoms with Crippen molar-refractivity contribution in [3.63, 3.8) is 0 Å². The molecule has 35 heavy (non-hydrogen) atoms. The first kappa shape index (κ1) is 26.8. The van der Waals surface area contributed by atoms with Gasteiger partial charge in [0.1, 0.15) is 0 Å². The van der Waals surface area contributed by atoms with Gasteiger partial charge in [-0.3, -0.25) is 9.59 Å². The molecule has 0 bridgehead atoms. The van der Waals surface area contributed by atoms with Crippen LogP contribution in [-0.4, -0.2) is 89.5 Å². The molecule has 0 aliphatic rings. The maximum absolute atomic E-state index is 13.2. The molecule has 13 heteroatoms. The maximum Gasteiger partial charge on any atom is 0.351 e. The quantitative estimate of drug-likeness (QED) is 0.123. The summed E-state index contributed by atoms with van der Waals surface area (Å²) in [6.45, 7) is 0. The number of ether oxygens (including phenoxy) is 1. The number of carbonyl (C=O) groups is 6. The van der Waals surface area contributed by atoms with Crippen LogP contribution in [0.5, 0.6) is 0 Å². The van der Waals surface area contributed by atoms with E-state index in [-0.39, 0.29) is 0 Å². The number of hydrogen-bond donors (Lipinski definition) is 6. The molecule has 2 aromatic carbocycles. The molecule has 0 saturated carbocycles. The van der Waals surface area contributed by atoms with Gasteiger partial charge in [-0.1, -0.05) is 60.7 Å². The third-order valence-electron chi connectivity index (χ3n) is 4.87. The van der Waals surface area contributed by atoms with Gasteiger partial charge in [0.05, 0.1) is 0 Å². The summed E-state index contributed by atoms with van der Waals surface area (Å²) < 4.78 is 4.31. The van der Waals surface area contributed by atoms with Crippen molar-refractivity contribution >= 4 is 35.4 Å². The van der Waals surface area contributed by atoms with Crippen LogP contribution in [0.3, 0.4) is 0 Å². The van der Waals surface area contributed by atoms with Crippen LogP contribution in [0.1, 0.15) is 20.7 Å². The van der Waals surface area contributed by atoms with Crippen molar-refractivity contribution in [3.8, 4) is 0 Å². The number of benzene rings is 2. The van der Waals surface area contributed by atoms with Crippen molar-refractivity contribution in [1.82, 2.24) is 0 Å². The molecular formula is C22H18O13. The topological polar surface area (TPSA) is 233 Å². The van der Waals surface area contributed by atoms with E-state index in [1.165, 1.54) is 36.4 Å². The first-order valence-corrected chi connectivity index (χ1v) is 9.52. The second kappa shape index (κ2) is 10.2. The molecule has 184 valence electrons. The molecule has 0 aliphatic carbocycles. The fraction of sp³-hybridized carbons (Fsp3) is 0.182. The van der Waals surface area contributed by atoms with Crippen LogP contribution in [-0.2, 0) is 23.9 Å². The van der Waals surface area contributed by atoms with E-state index in [0.29, 0.717) is 0 Å². The van der Waals surface area contributed by atoms with Crippen molar-refractivity contribution in [2.45, 2.75) is 23.4 Å². The zero-order valence-corrected chi connectivity index (χ0v) is 17.5. The summed E-state index contributed by atoms with van der Waals surface area (Å²) in [4.78, 5) is 73.7. The standard InChI is InChI=1S/C22H18O13/c23-13(17(26)27)14(18(28)29)35-20(32)22(34,16(25)12-9-5-2-6-10-12)21(33,19(30)31)15(24)11-7-3-1-4-8-11/h1-10,13-14,23,33-34H,(H,26,27)(H,28,29)(H,30,31). The largest absolute Gasteiger partial charge is 0.479 e. The third kappa shape index (κ3) is 4.77. The average Bonchev–Trinajstić information content (AvgIpc) is 2.85.